The average Bonchev–Trinajstić information content (AvgIpc) is 2.57. The minimum atomic E-state index is -0.616. The lowest BCUT2D eigenvalue weighted by molar-refractivity contribution is -0.139. The zero-order valence-corrected chi connectivity index (χ0v) is 13.4. The molecule has 6 nitrogen and oxygen atoms in total. The summed E-state index contributed by atoms with van der Waals surface area (Å²) in [6, 6.07) is 7.69. The van der Waals surface area contributed by atoms with Crippen LogP contribution in [0.5, 0.6) is 0 Å². The number of nitrogens with one attached hydrogen (secondary N) is 2. The number of benzene rings is 1. The monoisotopic (exact) mass is 317 g/mol. The van der Waals surface area contributed by atoms with Crippen LogP contribution < -0.4 is 10.6 Å². The molecule has 1 saturated heterocycles. The van der Waals surface area contributed by atoms with Crippen molar-refractivity contribution >= 4 is 23.2 Å². The van der Waals surface area contributed by atoms with Crippen molar-refractivity contribution in [3.05, 3.63) is 24.3 Å². The highest BCUT2D eigenvalue weighted by atomic mass is 16.5. The molecule has 2 N–H and O–H groups in total. The molecule has 0 aliphatic carbocycles. The molecule has 2 heterocycles. The number of likely N-dealkylation sites (tertiary alicyclic amines) is 1. The van der Waals surface area contributed by atoms with Gasteiger partial charge in [-0.05, 0) is 31.4 Å². The highest BCUT2D eigenvalue weighted by Gasteiger charge is 2.44. The van der Waals surface area contributed by atoms with Crippen molar-refractivity contribution in [3.63, 3.8) is 0 Å². The van der Waals surface area contributed by atoms with Gasteiger partial charge in [0.05, 0.1) is 11.4 Å². The maximum atomic E-state index is 12.5. The molecule has 2 aliphatic heterocycles. The van der Waals surface area contributed by atoms with E-state index in [1.165, 1.54) is 0 Å². The fourth-order valence-electron chi connectivity index (χ4n) is 3.14. The topological polar surface area (TPSA) is 70.7 Å². The number of ether oxygens (including phenoxy) is 1. The van der Waals surface area contributed by atoms with E-state index in [1.54, 1.807) is 4.90 Å². The van der Waals surface area contributed by atoms with E-state index in [-0.39, 0.29) is 18.4 Å². The molecule has 0 radical (unpaired) electrons. The Hall–Kier alpha value is -2.08. The van der Waals surface area contributed by atoms with Crippen molar-refractivity contribution in [2.75, 3.05) is 36.9 Å². The van der Waals surface area contributed by atoms with Gasteiger partial charge < -0.3 is 20.3 Å². The Morgan fingerprint density at radius 3 is 2.65 bits per heavy atom. The largest absolute Gasteiger partial charge is 0.372 e. The second kappa shape index (κ2) is 6.58. The molecule has 0 atom stereocenters. The van der Waals surface area contributed by atoms with Crippen molar-refractivity contribution in [2.24, 2.45) is 0 Å². The lowest BCUT2D eigenvalue weighted by Gasteiger charge is -2.44. The summed E-state index contributed by atoms with van der Waals surface area (Å²) in [4.78, 5) is 26.4. The molecular weight excluding hydrogens is 294 g/mol. The standard InChI is InChI=1S/C17H23N3O3/c1-2-11-23-12-15(21)20-9-7-17(8-10-20)16(22)18-13-5-3-4-6-14(13)19-17/h3-6,19H,2,7-12H2,1H3,(H,18,22). The van der Waals surface area contributed by atoms with E-state index in [1.807, 2.05) is 31.2 Å². The Morgan fingerprint density at radius 1 is 1.26 bits per heavy atom. The first-order valence-electron chi connectivity index (χ1n) is 8.19. The molecule has 0 bridgehead atoms. The van der Waals surface area contributed by atoms with Gasteiger partial charge >= 0.3 is 0 Å². The first kappa shape index (κ1) is 15.8. The molecule has 0 unspecified atom stereocenters. The molecule has 23 heavy (non-hydrogen) atoms. The Kier molecular flexibility index (Phi) is 4.52. The second-order valence-corrected chi connectivity index (χ2v) is 6.14. The van der Waals surface area contributed by atoms with E-state index >= 15 is 0 Å². The van der Waals surface area contributed by atoms with Crippen LogP contribution in [0.4, 0.5) is 11.4 Å². The zero-order valence-electron chi connectivity index (χ0n) is 13.4. The van der Waals surface area contributed by atoms with Crippen LogP contribution in [0.15, 0.2) is 24.3 Å². The number of piperidine rings is 1. The van der Waals surface area contributed by atoms with E-state index in [9.17, 15) is 9.59 Å². The molecule has 0 saturated carbocycles. The van der Waals surface area contributed by atoms with Gasteiger partial charge in [0, 0.05) is 19.7 Å². The maximum absolute atomic E-state index is 12.5. The van der Waals surface area contributed by atoms with Gasteiger partial charge in [-0.25, -0.2) is 0 Å². The van der Waals surface area contributed by atoms with Gasteiger partial charge in [-0.3, -0.25) is 9.59 Å². The number of nitrogens with zero attached hydrogens (tertiary/aromatic N) is 1. The summed E-state index contributed by atoms with van der Waals surface area (Å²) in [7, 11) is 0. The van der Waals surface area contributed by atoms with Crippen molar-refractivity contribution < 1.29 is 14.3 Å². The molecule has 6 heteroatoms. The van der Waals surface area contributed by atoms with Crippen LogP contribution in [0.1, 0.15) is 26.2 Å². The van der Waals surface area contributed by atoms with Crippen LogP contribution in [0, 0.1) is 0 Å². The molecule has 1 aromatic carbocycles. The lowest BCUT2D eigenvalue weighted by atomic mass is 9.84. The van der Waals surface area contributed by atoms with Crippen molar-refractivity contribution in [3.8, 4) is 0 Å². The van der Waals surface area contributed by atoms with Crippen molar-refractivity contribution in [1.29, 1.82) is 0 Å². The Morgan fingerprint density at radius 2 is 1.96 bits per heavy atom. The molecule has 1 fully saturated rings. The van der Waals surface area contributed by atoms with E-state index in [0.29, 0.717) is 32.5 Å². The molecule has 2 amide bonds. The third kappa shape index (κ3) is 3.17. The zero-order chi connectivity index (χ0) is 16.3. The van der Waals surface area contributed by atoms with Gasteiger partial charge in [0.1, 0.15) is 12.1 Å². The van der Waals surface area contributed by atoms with Crippen LogP contribution in [-0.4, -0.2) is 48.6 Å². The van der Waals surface area contributed by atoms with E-state index in [2.05, 4.69) is 10.6 Å². The molecule has 3 rings (SSSR count). The smallest absolute Gasteiger partial charge is 0.250 e. The van der Waals surface area contributed by atoms with Gasteiger partial charge in [-0.15, -0.1) is 0 Å². The average molecular weight is 317 g/mol. The van der Waals surface area contributed by atoms with Gasteiger partial charge in [-0.2, -0.15) is 0 Å². The van der Waals surface area contributed by atoms with Crippen LogP contribution in [0.2, 0.25) is 0 Å². The second-order valence-electron chi connectivity index (χ2n) is 6.14. The first-order valence-corrected chi connectivity index (χ1v) is 8.19. The summed E-state index contributed by atoms with van der Waals surface area (Å²) in [6.45, 7) is 3.88. The third-order valence-electron chi connectivity index (χ3n) is 4.53. The Balaban J connectivity index is 1.62. The number of amides is 2. The van der Waals surface area contributed by atoms with Crippen molar-refractivity contribution in [1.82, 2.24) is 4.90 Å². The Labute approximate surface area is 136 Å². The quantitative estimate of drug-likeness (QED) is 0.831. The predicted molar refractivity (Wildman–Crippen MR) is 88.3 cm³/mol. The summed E-state index contributed by atoms with van der Waals surface area (Å²) in [5.41, 5.74) is 1.14. The fourth-order valence-corrected chi connectivity index (χ4v) is 3.14. The van der Waals surface area contributed by atoms with Gasteiger partial charge in [0.2, 0.25) is 11.8 Å². The van der Waals surface area contributed by atoms with Gasteiger partial charge in [0.25, 0.3) is 0 Å². The molecular formula is C17H23N3O3. The SMILES string of the molecule is CCCOCC(=O)N1CCC2(CC1)Nc1ccccc1NC2=O. The van der Waals surface area contributed by atoms with Gasteiger partial charge in [0.15, 0.2) is 0 Å². The van der Waals surface area contributed by atoms with Crippen molar-refractivity contribution in [2.45, 2.75) is 31.7 Å². The van der Waals surface area contributed by atoms with Crippen LogP contribution in [0.3, 0.4) is 0 Å². The Bertz CT molecular complexity index is 595. The summed E-state index contributed by atoms with van der Waals surface area (Å²) >= 11 is 0. The normalized spacial score (nSPS) is 19.0. The number of hydrogen-bond acceptors (Lipinski definition) is 4. The number of carbonyl (C=O) groups is 2. The molecule has 0 aromatic heterocycles. The molecule has 1 aromatic rings. The summed E-state index contributed by atoms with van der Waals surface area (Å²) in [6.07, 6.45) is 2.11. The molecule has 124 valence electrons. The number of fused-ring (bicyclic) bond motifs is 1. The number of para-hydroxylation sites is 2. The van der Waals surface area contributed by atoms with E-state index < -0.39 is 5.54 Å². The third-order valence-corrected chi connectivity index (χ3v) is 4.53. The molecule has 1 spiro atoms. The van der Waals surface area contributed by atoms with Crippen LogP contribution in [0.25, 0.3) is 0 Å². The van der Waals surface area contributed by atoms with Gasteiger partial charge in [-0.1, -0.05) is 19.1 Å². The van der Waals surface area contributed by atoms with E-state index in [0.717, 1.165) is 17.8 Å². The summed E-state index contributed by atoms with van der Waals surface area (Å²) < 4.78 is 5.32. The summed E-state index contributed by atoms with van der Waals surface area (Å²) in [5.74, 6) is -0.00421. The maximum Gasteiger partial charge on any atom is 0.250 e. The van der Waals surface area contributed by atoms with Crippen LogP contribution in [-0.2, 0) is 14.3 Å². The number of anilines is 2. The minimum Gasteiger partial charge on any atom is -0.372 e. The van der Waals surface area contributed by atoms with Crippen LogP contribution >= 0.6 is 0 Å². The fraction of sp³-hybridized carbons (Fsp3) is 0.529. The lowest BCUT2D eigenvalue weighted by Crippen LogP contribution is -2.59. The highest BCUT2D eigenvalue weighted by molar-refractivity contribution is 6.06. The number of carbonyl (C=O) groups excluding carboxylic acids is 2. The summed E-state index contributed by atoms with van der Waals surface area (Å²) in [5, 5.41) is 6.37. The first-order chi connectivity index (χ1) is 11.1. The molecule has 2 aliphatic rings. The highest BCUT2D eigenvalue weighted by Crippen LogP contribution is 2.36. The number of rotatable bonds is 4. The predicted octanol–water partition coefficient (Wildman–Crippen LogP) is 1.84. The van der Waals surface area contributed by atoms with E-state index in [4.69, 9.17) is 4.74 Å². The number of hydrogen-bond donors (Lipinski definition) is 2. The minimum absolute atomic E-state index is 0.00455.